The van der Waals surface area contributed by atoms with Crippen LogP contribution < -0.4 is 0 Å². The Bertz CT molecular complexity index is 6840. The van der Waals surface area contributed by atoms with Gasteiger partial charge in [0, 0.05) is 0 Å². The number of aryl methyl sites for hydroxylation is 3. The van der Waals surface area contributed by atoms with E-state index in [2.05, 4.69) is 403 Å². The Hall–Kier alpha value is -13.3. The van der Waals surface area contributed by atoms with Gasteiger partial charge < -0.3 is 0 Å². The number of fused-ring (bicyclic) bond motifs is 18. The molecule has 0 fully saturated rings. The molecule has 18 aromatic rings. The van der Waals surface area contributed by atoms with E-state index in [-0.39, 0.29) is 32.5 Å². The van der Waals surface area contributed by atoms with Gasteiger partial charge in [-0.25, -0.2) is 0 Å². The fourth-order valence-corrected chi connectivity index (χ4v) is 25.4. The van der Waals surface area contributed by atoms with Crippen LogP contribution in [0.5, 0.6) is 0 Å². The van der Waals surface area contributed by atoms with E-state index < -0.39 is 0 Å². The molecule has 0 spiro atoms. The lowest BCUT2D eigenvalue weighted by Crippen LogP contribution is -2.54. The number of benzene rings is 18. The van der Waals surface area contributed by atoms with Gasteiger partial charge in [0.2, 0.25) is 0 Å². The van der Waals surface area contributed by atoms with Gasteiger partial charge in [-0.05, 0) is 231 Å². The summed E-state index contributed by atoms with van der Waals surface area (Å²) in [4.78, 5) is 0. The third kappa shape index (κ3) is 6.78. The normalized spacial score (nSPS) is 21.3. The maximum atomic E-state index is 2.49. The lowest BCUT2D eigenvalue weighted by atomic mass is 9.43. The molecule has 0 radical (unpaired) electrons. The van der Waals surface area contributed by atoms with Crippen LogP contribution in [0.4, 0.5) is 0 Å². The smallest absolute Gasteiger partial charge is 0.0619 e. The molecule has 516 valence electrons. The van der Waals surface area contributed by atoms with E-state index in [1.807, 2.05) is 0 Å². The summed E-state index contributed by atoms with van der Waals surface area (Å²) in [7, 11) is 0. The minimum Gasteiger partial charge on any atom is -0.0619 e. The molecule has 0 heterocycles. The third-order valence-corrected chi connectivity index (χ3v) is 28.4. The van der Waals surface area contributed by atoms with Gasteiger partial charge in [-0.15, -0.1) is 0 Å². The lowest BCUT2D eigenvalue weighted by molar-refractivity contribution is 0.430. The predicted octanol–water partition coefficient (Wildman–Crippen LogP) is 26.4. The molecule has 0 bridgehead atoms. The van der Waals surface area contributed by atoms with E-state index in [0.717, 1.165) is 0 Å². The largest absolute Gasteiger partial charge is 0.0650 e. The highest BCUT2D eigenvalue weighted by atomic mass is 14.7. The molecule has 27 rings (SSSR count). The monoisotopic (exact) mass is 1400 g/mol. The molecule has 0 saturated heterocycles. The van der Waals surface area contributed by atoms with E-state index in [1.165, 1.54) is 216 Å². The van der Waals surface area contributed by atoms with Crippen LogP contribution in [0.1, 0.15) is 117 Å². The molecule has 0 atom stereocenters. The second kappa shape index (κ2) is 21.6. The highest BCUT2D eigenvalue weighted by Crippen LogP contribution is 2.78. The van der Waals surface area contributed by atoms with Crippen LogP contribution in [-0.4, -0.2) is 0 Å². The summed E-state index contributed by atoms with van der Waals surface area (Å²) in [6.07, 6.45) is 0. The van der Waals surface area contributed by atoms with Gasteiger partial charge in [0.25, 0.3) is 0 Å². The average Bonchev–Trinajstić information content (AvgIpc) is 1.51. The first-order valence-corrected chi connectivity index (χ1v) is 39.6. The standard InChI is InChI=1S/3C37H24/c1-23-21-24-11-10-20-33-35(24)34(22-23)37-31-18-8-4-14-27(31)25-12-2-6-16-29(25)36(33,37)30-17-7-3-13-26(30)28-15-5-9-19-32(28)37;1-23-21-22-24-11-10-20-33-34(24)35(23)37-31-18-8-4-14-27(31)25-12-2-6-16-29(25)36(33,37)30-17-7-3-13-26(30)28-15-5-9-19-32(28)37;1-23-21-22-34-35-24(23)15-10-20-33(35)36-29-16-6-2-11-25(29)27-13-4-8-18-31(27)37(34,36)32-19-9-5-14-28(32)26-12-3-7-17-30(26)36/h3*2-22H,1H3. The van der Waals surface area contributed by atoms with Crippen molar-refractivity contribution in [3.63, 3.8) is 0 Å². The summed E-state index contributed by atoms with van der Waals surface area (Å²) in [6, 6.07) is 146. The van der Waals surface area contributed by atoms with Crippen LogP contribution in [-0.2, 0) is 32.5 Å². The molecule has 0 N–H and O–H groups in total. The highest BCUT2D eigenvalue weighted by molar-refractivity contribution is 6.10. The van der Waals surface area contributed by atoms with Crippen molar-refractivity contribution in [3.05, 3.63) is 499 Å². The van der Waals surface area contributed by atoms with Crippen molar-refractivity contribution in [2.75, 3.05) is 0 Å². The minimum atomic E-state index is -0.365. The van der Waals surface area contributed by atoms with Crippen molar-refractivity contribution in [1.29, 1.82) is 0 Å². The summed E-state index contributed by atoms with van der Waals surface area (Å²) in [5.41, 5.74) is 43.7. The van der Waals surface area contributed by atoms with E-state index in [9.17, 15) is 0 Å². The number of hydrogen-bond donors (Lipinski definition) is 0. The summed E-state index contributed by atoms with van der Waals surface area (Å²) in [5, 5.41) is 8.33. The van der Waals surface area contributed by atoms with Crippen LogP contribution in [0.15, 0.2) is 382 Å². The molecule has 9 aliphatic carbocycles. The zero-order valence-electron chi connectivity index (χ0n) is 61.9. The van der Waals surface area contributed by atoms with Gasteiger partial charge in [-0.3, -0.25) is 0 Å². The first-order chi connectivity index (χ1) is 54.9. The van der Waals surface area contributed by atoms with E-state index in [4.69, 9.17) is 0 Å². The van der Waals surface area contributed by atoms with Crippen LogP contribution in [0.25, 0.3) is 99.1 Å². The summed E-state index contributed by atoms with van der Waals surface area (Å²) >= 11 is 0. The van der Waals surface area contributed by atoms with Crippen molar-refractivity contribution < 1.29 is 0 Å². The van der Waals surface area contributed by atoms with Gasteiger partial charge in [-0.1, -0.05) is 388 Å². The van der Waals surface area contributed by atoms with Crippen molar-refractivity contribution in [2.45, 2.75) is 53.3 Å². The molecule has 0 heteroatoms. The summed E-state index contributed by atoms with van der Waals surface area (Å²) in [5.74, 6) is 0. The third-order valence-electron chi connectivity index (χ3n) is 28.4. The molecule has 111 heavy (non-hydrogen) atoms. The Morgan fingerprint density at radius 2 is 0.396 bits per heavy atom. The lowest BCUT2D eigenvalue weighted by Gasteiger charge is -2.57. The number of hydrogen-bond acceptors (Lipinski definition) is 0. The summed E-state index contributed by atoms with van der Waals surface area (Å²) < 4.78 is 0. The van der Waals surface area contributed by atoms with Gasteiger partial charge in [0.15, 0.2) is 0 Å². The van der Waals surface area contributed by atoms with Crippen LogP contribution in [0, 0.1) is 20.8 Å². The zero-order valence-corrected chi connectivity index (χ0v) is 61.9. The second-order valence-electron chi connectivity index (χ2n) is 32.6. The van der Waals surface area contributed by atoms with Gasteiger partial charge in [-0.2, -0.15) is 0 Å². The molecule has 0 amide bonds. The number of rotatable bonds is 0. The zero-order chi connectivity index (χ0) is 73.1. The molecule has 18 aromatic carbocycles. The Labute approximate surface area is 647 Å². The Kier molecular flexibility index (Phi) is 12.0. The van der Waals surface area contributed by atoms with Gasteiger partial charge in [0.1, 0.15) is 0 Å². The van der Waals surface area contributed by atoms with Gasteiger partial charge >= 0.3 is 0 Å². The molecule has 0 aliphatic heterocycles. The highest BCUT2D eigenvalue weighted by Gasteiger charge is 2.71. The van der Waals surface area contributed by atoms with E-state index >= 15 is 0 Å². The van der Waals surface area contributed by atoms with Crippen molar-refractivity contribution in [2.24, 2.45) is 0 Å². The fourth-order valence-electron chi connectivity index (χ4n) is 25.4. The molecule has 0 nitrogen and oxygen atoms in total. The first kappa shape index (κ1) is 61.7. The molecular formula is C111H72. The predicted molar refractivity (Wildman–Crippen MR) is 457 cm³/mol. The Morgan fingerprint density at radius 3 is 0.739 bits per heavy atom. The molecule has 0 saturated carbocycles. The van der Waals surface area contributed by atoms with Crippen LogP contribution >= 0.6 is 0 Å². The molecule has 0 aromatic heterocycles. The van der Waals surface area contributed by atoms with Crippen molar-refractivity contribution >= 4 is 32.3 Å². The minimum absolute atomic E-state index is 0.363. The van der Waals surface area contributed by atoms with E-state index in [0.29, 0.717) is 0 Å². The SMILES string of the molecule is Cc1cc2c3c(cccc3c1)C13c4ccccc4-c4ccccc4C21c1ccccc1-c1ccccc13.Cc1ccc2c3c(cccc13)C13c4ccccc4-c4ccccc4C21c1ccccc1-c1ccccc13.Cc1ccc2cccc3c2c1C12c4ccccc4-c4ccccc4C31c1ccccc1-c1ccccc12. The second-order valence-corrected chi connectivity index (χ2v) is 32.6. The van der Waals surface area contributed by atoms with Gasteiger partial charge in [0.05, 0.1) is 32.5 Å². The fraction of sp³-hybridized carbons (Fsp3) is 0.0811. The maximum Gasteiger partial charge on any atom is 0.0650 e. The molecule has 9 aliphatic rings. The molecule has 0 unspecified atom stereocenters. The summed E-state index contributed by atoms with van der Waals surface area (Å²) in [6.45, 7) is 6.83. The molecular weight excluding hydrogens is 1330 g/mol. The Balaban J connectivity index is 0.0000000947. The van der Waals surface area contributed by atoms with Crippen molar-refractivity contribution in [1.82, 2.24) is 0 Å². The Morgan fingerprint density at radius 1 is 0.153 bits per heavy atom. The topological polar surface area (TPSA) is 0 Å². The van der Waals surface area contributed by atoms with E-state index in [1.54, 1.807) is 0 Å². The van der Waals surface area contributed by atoms with Crippen LogP contribution in [0.2, 0.25) is 0 Å². The first-order valence-electron chi connectivity index (χ1n) is 39.6. The van der Waals surface area contributed by atoms with Crippen LogP contribution in [0.3, 0.4) is 0 Å². The average molecular weight is 1410 g/mol. The van der Waals surface area contributed by atoms with Crippen molar-refractivity contribution in [3.8, 4) is 66.8 Å². The quantitative estimate of drug-likeness (QED) is 0.142. The maximum absolute atomic E-state index is 2.49.